The lowest BCUT2D eigenvalue weighted by molar-refractivity contribution is -0.141. The lowest BCUT2D eigenvalue weighted by Crippen LogP contribution is -2.60. The van der Waals surface area contributed by atoms with E-state index in [4.69, 9.17) is 23.2 Å². The molecular formula is C33H21Cl2F5N2O5. The molecule has 3 aromatic carbocycles. The van der Waals surface area contributed by atoms with Gasteiger partial charge in [0.1, 0.15) is 11.4 Å². The second kappa shape index (κ2) is 10.6. The maximum Gasteiger partial charge on any atom is 0.258 e. The molecule has 1 saturated carbocycles. The van der Waals surface area contributed by atoms with Crippen molar-refractivity contribution in [3.05, 3.63) is 106 Å². The van der Waals surface area contributed by atoms with Gasteiger partial charge in [-0.25, -0.2) is 26.9 Å². The monoisotopic (exact) mass is 690 g/mol. The van der Waals surface area contributed by atoms with Crippen LogP contribution in [0, 0.1) is 46.8 Å². The normalized spacial score (nSPS) is 30.0. The Morgan fingerprint density at radius 2 is 1.43 bits per heavy atom. The van der Waals surface area contributed by atoms with Crippen LogP contribution in [0.15, 0.2) is 66.2 Å². The first kappa shape index (κ1) is 31.3. The van der Waals surface area contributed by atoms with Crippen LogP contribution in [0.1, 0.15) is 29.9 Å². The van der Waals surface area contributed by atoms with Gasteiger partial charge in [0, 0.05) is 5.92 Å². The summed E-state index contributed by atoms with van der Waals surface area (Å²) in [6.45, 7) is -0.0412. The molecule has 0 unspecified atom stereocenters. The predicted molar refractivity (Wildman–Crippen MR) is 157 cm³/mol. The van der Waals surface area contributed by atoms with Crippen LogP contribution in [-0.4, -0.2) is 43.4 Å². The predicted octanol–water partition coefficient (Wildman–Crippen LogP) is 5.85. The number of imide groups is 2. The Hall–Kier alpha value is -4.29. The molecule has 0 radical (unpaired) electrons. The maximum atomic E-state index is 15.1. The minimum atomic E-state index is -2.65. The molecule has 3 aromatic rings. The molecule has 0 bridgehead atoms. The summed E-state index contributed by atoms with van der Waals surface area (Å²) in [5, 5.41) is 10.4. The molecule has 2 aliphatic carbocycles. The number of phenols is 1. The van der Waals surface area contributed by atoms with E-state index in [1.54, 1.807) is 36.4 Å². The highest BCUT2D eigenvalue weighted by atomic mass is 35.5. The Morgan fingerprint density at radius 3 is 2.06 bits per heavy atom. The molecule has 0 aromatic heterocycles. The third-order valence-electron chi connectivity index (χ3n) is 9.70. The number of phenolic OH excluding ortho intramolecular Hbond substituents is 1. The molecule has 2 aliphatic heterocycles. The number of hydrogen-bond donors (Lipinski definition) is 1. The summed E-state index contributed by atoms with van der Waals surface area (Å²) in [6.07, 6.45) is 1.01. The molecule has 0 spiro atoms. The highest BCUT2D eigenvalue weighted by Crippen LogP contribution is 2.66. The van der Waals surface area contributed by atoms with Gasteiger partial charge in [-0.1, -0.05) is 54.1 Å². The van der Waals surface area contributed by atoms with Crippen molar-refractivity contribution in [2.45, 2.75) is 35.1 Å². The average Bonchev–Trinajstić information content (AvgIpc) is 3.37. The van der Waals surface area contributed by atoms with Crippen molar-refractivity contribution in [1.29, 1.82) is 0 Å². The van der Waals surface area contributed by atoms with Crippen molar-refractivity contribution >= 4 is 52.5 Å². The molecular weight excluding hydrogens is 670 g/mol. The quantitative estimate of drug-likeness (QED) is 0.0926. The molecule has 4 aliphatic rings. The van der Waals surface area contributed by atoms with Gasteiger partial charge in [-0.15, -0.1) is 23.2 Å². The molecule has 242 valence electrons. The third kappa shape index (κ3) is 4.10. The number of nitrogens with zero attached hydrogens (tertiary/aromatic N) is 2. The van der Waals surface area contributed by atoms with Gasteiger partial charge in [-0.2, -0.15) is 0 Å². The first-order valence-corrected chi connectivity index (χ1v) is 15.2. The van der Waals surface area contributed by atoms with Crippen LogP contribution in [0.3, 0.4) is 0 Å². The van der Waals surface area contributed by atoms with Crippen molar-refractivity contribution in [3.63, 3.8) is 0 Å². The highest BCUT2D eigenvalue weighted by Gasteiger charge is 2.77. The average molecular weight is 691 g/mol. The lowest BCUT2D eigenvalue weighted by Gasteiger charge is -2.50. The fraction of sp³-hybridized carbons (Fsp3) is 0.273. The van der Waals surface area contributed by atoms with Gasteiger partial charge in [0.25, 0.3) is 11.8 Å². The smallest absolute Gasteiger partial charge is 0.258 e. The van der Waals surface area contributed by atoms with Gasteiger partial charge < -0.3 is 5.11 Å². The summed E-state index contributed by atoms with van der Waals surface area (Å²) in [5.41, 5.74) is -0.772. The largest absolute Gasteiger partial charge is 0.508 e. The Kier molecular flexibility index (Phi) is 7.07. The summed E-state index contributed by atoms with van der Waals surface area (Å²) >= 11 is 14.1. The highest BCUT2D eigenvalue weighted by molar-refractivity contribution is 6.58. The van der Waals surface area contributed by atoms with Crippen LogP contribution in [-0.2, 0) is 25.7 Å². The molecule has 2 heterocycles. The van der Waals surface area contributed by atoms with E-state index < -0.39 is 98.2 Å². The summed E-state index contributed by atoms with van der Waals surface area (Å²) in [6, 6.07) is 14.1. The first-order valence-electron chi connectivity index (χ1n) is 14.4. The van der Waals surface area contributed by atoms with Gasteiger partial charge in [-0.05, 0) is 42.0 Å². The van der Waals surface area contributed by atoms with E-state index in [-0.39, 0.29) is 29.2 Å². The van der Waals surface area contributed by atoms with Crippen LogP contribution in [0.25, 0.3) is 0 Å². The number of anilines is 1. The number of fused-ring (bicyclic) bond motifs is 4. The Balaban J connectivity index is 1.40. The number of allylic oxidation sites excluding steroid dienone is 2. The van der Waals surface area contributed by atoms with Crippen molar-refractivity contribution in [2.24, 2.45) is 17.8 Å². The topological polar surface area (TPSA) is 95.0 Å². The van der Waals surface area contributed by atoms with Crippen LogP contribution < -0.4 is 4.90 Å². The lowest BCUT2D eigenvalue weighted by atomic mass is 9.56. The minimum Gasteiger partial charge on any atom is -0.508 e. The maximum absolute atomic E-state index is 15.1. The zero-order valence-electron chi connectivity index (χ0n) is 23.8. The number of benzene rings is 3. The first-order chi connectivity index (χ1) is 22.2. The van der Waals surface area contributed by atoms with E-state index in [2.05, 4.69) is 0 Å². The third-order valence-corrected chi connectivity index (χ3v) is 11.1. The van der Waals surface area contributed by atoms with Crippen molar-refractivity contribution in [2.75, 3.05) is 4.90 Å². The number of likely N-dealkylation sites (tertiary alicyclic amines) is 1. The molecule has 4 amide bonds. The number of aromatic hydroxyl groups is 1. The Labute approximate surface area is 273 Å². The fourth-order valence-electron chi connectivity index (χ4n) is 7.63. The van der Waals surface area contributed by atoms with Crippen molar-refractivity contribution < 1.29 is 46.2 Å². The van der Waals surface area contributed by atoms with E-state index in [1.807, 2.05) is 0 Å². The van der Waals surface area contributed by atoms with E-state index in [0.29, 0.717) is 11.1 Å². The van der Waals surface area contributed by atoms with Crippen LogP contribution >= 0.6 is 23.2 Å². The molecule has 47 heavy (non-hydrogen) atoms. The van der Waals surface area contributed by atoms with E-state index in [9.17, 15) is 37.5 Å². The molecule has 3 fully saturated rings. The molecule has 7 rings (SSSR count). The van der Waals surface area contributed by atoms with E-state index in [1.165, 1.54) is 24.3 Å². The van der Waals surface area contributed by atoms with E-state index >= 15 is 8.78 Å². The standard InChI is InChI=1S/C33H21Cl2F5N2O5/c34-32-12-19-17(9-10-18-20(19)29(45)41(28(18)44)13-14-5-2-1-3-6-14)21(15-7-4-8-16(43)11-15)33(32,35)31(47)42(30(32)46)27-25(39)23(37)22(36)24(38)26(27)40/h1-9,11,18-21,43H,10,12-13H2/t18-,19+,20-,21-,32+,33-/m0/s1. The van der Waals surface area contributed by atoms with E-state index in [0.717, 1.165) is 4.90 Å². The fourth-order valence-corrected chi connectivity index (χ4v) is 8.57. The number of carbonyl (C=O) groups is 4. The van der Waals surface area contributed by atoms with Gasteiger partial charge in [-0.3, -0.25) is 24.1 Å². The summed E-state index contributed by atoms with van der Waals surface area (Å²) < 4.78 is 72.8. The minimum absolute atomic E-state index is 0.0213. The van der Waals surface area contributed by atoms with Crippen LogP contribution in [0.2, 0.25) is 0 Å². The SMILES string of the molecule is O=C1[C@H]2[C@H](CC=C3[C@H]2C[C@@]2(Cl)C(=O)N(c4c(F)c(F)c(F)c(F)c4F)C(=O)[C@@]2(Cl)[C@H]3c2cccc(O)c2)C(=O)N1Cc1ccccc1. The number of amides is 4. The van der Waals surface area contributed by atoms with Gasteiger partial charge >= 0.3 is 0 Å². The van der Waals surface area contributed by atoms with Crippen LogP contribution in [0.4, 0.5) is 27.6 Å². The number of hydrogen-bond acceptors (Lipinski definition) is 5. The van der Waals surface area contributed by atoms with Crippen LogP contribution in [0.5, 0.6) is 5.75 Å². The zero-order chi connectivity index (χ0) is 33.7. The summed E-state index contributed by atoms with van der Waals surface area (Å²) in [5.74, 6) is -21.2. The molecule has 7 nitrogen and oxygen atoms in total. The summed E-state index contributed by atoms with van der Waals surface area (Å²) in [4.78, 5) is 51.5. The molecule has 14 heteroatoms. The second-order valence-electron chi connectivity index (χ2n) is 12.0. The molecule has 1 N–H and O–H groups in total. The molecule has 2 saturated heterocycles. The van der Waals surface area contributed by atoms with Crippen molar-refractivity contribution in [1.82, 2.24) is 4.90 Å². The van der Waals surface area contributed by atoms with Crippen molar-refractivity contribution in [3.8, 4) is 5.75 Å². The van der Waals surface area contributed by atoms with Gasteiger partial charge in [0.15, 0.2) is 33.0 Å². The molecule has 6 atom stereocenters. The van der Waals surface area contributed by atoms with Gasteiger partial charge in [0.05, 0.1) is 18.4 Å². The number of rotatable bonds is 4. The zero-order valence-corrected chi connectivity index (χ0v) is 25.3. The van der Waals surface area contributed by atoms with Gasteiger partial charge in [0.2, 0.25) is 17.6 Å². The second-order valence-corrected chi connectivity index (χ2v) is 13.3. The number of halogens is 7. The Morgan fingerprint density at radius 1 is 0.787 bits per heavy atom. The summed E-state index contributed by atoms with van der Waals surface area (Å²) in [7, 11) is 0. The number of carbonyl (C=O) groups excluding carboxylic acids is 4. The number of alkyl halides is 2. The Bertz CT molecular complexity index is 1930.